The van der Waals surface area contributed by atoms with Gasteiger partial charge < -0.3 is 4.90 Å². The summed E-state index contributed by atoms with van der Waals surface area (Å²) in [5, 5.41) is 0. The molecule has 0 saturated heterocycles. The monoisotopic (exact) mass is 622 g/mol. The van der Waals surface area contributed by atoms with Gasteiger partial charge in [-0.25, -0.2) is 0 Å². The van der Waals surface area contributed by atoms with Crippen LogP contribution in [0.4, 0.5) is 17.1 Å². The number of anilines is 3. The van der Waals surface area contributed by atoms with E-state index >= 15 is 0 Å². The van der Waals surface area contributed by atoms with E-state index in [4.69, 9.17) is 0 Å². The zero-order valence-corrected chi connectivity index (χ0v) is 33.9. The molecule has 4 aromatic rings. The van der Waals surface area contributed by atoms with Crippen LogP contribution in [0.2, 0.25) is 0 Å². The highest BCUT2D eigenvalue weighted by molar-refractivity contribution is 5.87. The Morgan fingerprint density at radius 1 is 0.267 bits per heavy atom. The molecular formula is C44H79N. The van der Waals surface area contributed by atoms with Crippen LogP contribution in [0.1, 0.15) is 138 Å². The Balaban J connectivity index is -0.000000124. The first kappa shape index (κ1) is 57.3. The molecule has 0 aliphatic carbocycles. The van der Waals surface area contributed by atoms with Crippen molar-refractivity contribution in [3.05, 3.63) is 115 Å². The third-order valence-corrected chi connectivity index (χ3v) is 4.26. The van der Waals surface area contributed by atoms with Crippen molar-refractivity contribution in [2.24, 2.45) is 0 Å². The molecule has 0 amide bonds. The van der Waals surface area contributed by atoms with Gasteiger partial charge in [0.15, 0.2) is 0 Å². The van der Waals surface area contributed by atoms with Gasteiger partial charge in [0, 0.05) is 16.9 Å². The average Bonchev–Trinajstić information content (AvgIpc) is 3.21. The number of hydrogen-bond acceptors (Lipinski definition) is 1. The van der Waals surface area contributed by atoms with E-state index in [1.807, 2.05) is 138 Å². The third-order valence-electron chi connectivity index (χ3n) is 4.26. The standard InChI is InChI=1S/C24H19N.10C2H6/c1-4-12-20(13-5-1)23-18-10-11-19-24(23)25(21-14-6-2-7-15-21)22-16-8-3-9-17-22;10*1-2/h1-19H;10*1-2H3. The van der Waals surface area contributed by atoms with E-state index in [9.17, 15) is 0 Å². The molecule has 0 aliphatic heterocycles. The molecule has 0 radical (unpaired) electrons. The molecule has 4 rings (SSSR count). The average molecular weight is 622 g/mol. The molecule has 0 heterocycles. The minimum Gasteiger partial charge on any atom is -0.310 e. The summed E-state index contributed by atoms with van der Waals surface area (Å²) in [6.45, 7) is 40.0. The highest BCUT2D eigenvalue weighted by Crippen LogP contribution is 2.40. The molecule has 1 nitrogen and oxygen atoms in total. The smallest absolute Gasteiger partial charge is 0.0540 e. The second kappa shape index (κ2) is 56.5. The van der Waals surface area contributed by atoms with Crippen molar-refractivity contribution in [3.63, 3.8) is 0 Å². The fraction of sp³-hybridized carbons (Fsp3) is 0.455. The van der Waals surface area contributed by atoms with Crippen molar-refractivity contribution in [2.75, 3.05) is 4.90 Å². The van der Waals surface area contributed by atoms with Gasteiger partial charge in [0.05, 0.1) is 5.69 Å². The van der Waals surface area contributed by atoms with Crippen LogP contribution in [0.3, 0.4) is 0 Å². The molecule has 1 heteroatoms. The van der Waals surface area contributed by atoms with Gasteiger partial charge in [0.25, 0.3) is 0 Å². The van der Waals surface area contributed by atoms with Gasteiger partial charge in [-0.3, -0.25) is 0 Å². The lowest BCUT2D eigenvalue weighted by atomic mass is 10.0. The van der Waals surface area contributed by atoms with Gasteiger partial charge in [-0.15, -0.1) is 0 Å². The molecule has 0 spiro atoms. The molecule has 0 aromatic heterocycles. The lowest BCUT2D eigenvalue weighted by Crippen LogP contribution is -2.10. The molecule has 0 bridgehead atoms. The SMILES string of the molecule is CC.CC.CC.CC.CC.CC.CC.CC.CC.CC.c1ccc(-c2ccccc2N(c2ccccc2)c2ccccc2)cc1. The van der Waals surface area contributed by atoms with E-state index in [2.05, 4.69) is 120 Å². The lowest BCUT2D eigenvalue weighted by molar-refractivity contribution is 1.28. The summed E-state index contributed by atoms with van der Waals surface area (Å²) in [6.07, 6.45) is 0. The van der Waals surface area contributed by atoms with Crippen LogP contribution in [0.5, 0.6) is 0 Å². The normalized spacial score (nSPS) is 7.11. The van der Waals surface area contributed by atoms with Crippen molar-refractivity contribution in [1.29, 1.82) is 0 Å². The third kappa shape index (κ3) is 26.8. The van der Waals surface area contributed by atoms with Crippen LogP contribution >= 0.6 is 0 Å². The molecular weight excluding hydrogens is 542 g/mol. The van der Waals surface area contributed by atoms with Gasteiger partial charge in [0.1, 0.15) is 0 Å². The van der Waals surface area contributed by atoms with E-state index in [1.54, 1.807) is 0 Å². The second-order valence-corrected chi connectivity index (χ2v) is 5.89. The van der Waals surface area contributed by atoms with E-state index in [0.717, 1.165) is 11.4 Å². The highest BCUT2D eigenvalue weighted by Gasteiger charge is 2.15. The summed E-state index contributed by atoms with van der Waals surface area (Å²) >= 11 is 0. The lowest BCUT2D eigenvalue weighted by Gasteiger charge is -2.27. The minimum atomic E-state index is 1.15. The predicted molar refractivity (Wildman–Crippen MR) is 220 cm³/mol. The van der Waals surface area contributed by atoms with Crippen LogP contribution in [0, 0.1) is 0 Å². The first-order valence-electron chi connectivity index (χ1n) is 18.5. The maximum absolute atomic E-state index is 2.31. The molecule has 0 aliphatic rings. The number of benzene rings is 4. The van der Waals surface area contributed by atoms with Crippen molar-refractivity contribution in [3.8, 4) is 11.1 Å². The van der Waals surface area contributed by atoms with Gasteiger partial charge in [0.2, 0.25) is 0 Å². The number of nitrogens with zero attached hydrogens (tertiary/aromatic N) is 1. The van der Waals surface area contributed by atoms with Crippen LogP contribution < -0.4 is 4.90 Å². The summed E-state index contributed by atoms with van der Waals surface area (Å²) in [6, 6.07) is 40.1. The highest BCUT2D eigenvalue weighted by atomic mass is 15.1. The van der Waals surface area contributed by atoms with Crippen LogP contribution in [-0.4, -0.2) is 0 Å². The van der Waals surface area contributed by atoms with Crippen LogP contribution in [0.25, 0.3) is 11.1 Å². The summed E-state index contributed by atoms with van der Waals surface area (Å²) < 4.78 is 0. The minimum absolute atomic E-state index is 1.15. The largest absolute Gasteiger partial charge is 0.310 e. The number of rotatable bonds is 4. The molecule has 0 unspecified atom stereocenters. The quantitative estimate of drug-likeness (QED) is 0.219. The first-order chi connectivity index (χ1) is 22.4. The fourth-order valence-corrected chi connectivity index (χ4v) is 3.11. The van der Waals surface area contributed by atoms with Gasteiger partial charge in [-0.05, 0) is 35.9 Å². The molecule has 0 saturated carbocycles. The van der Waals surface area contributed by atoms with Gasteiger partial charge in [-0.2, -0.15) is 0 Å². The van der Waals surface area contributed by atoms with Crippen molar-refractivity contribution in [1.82, 2.24) is 0 Å². The van der Waals surface area contributed by atoms with Gasteiger partial charge >= 0.3 is 0 Å². The zero-order valence-electron chi connectivity index (χ0n) is 33.9. The summed E-state index contributed by atoms with van der Waals surface area (Å²) in [4.78, 5) is 2.31. The van der Waals surface area contributed by atoms with Crippen LogP contribution in [0.15, 0.2) is 115 Å². The summed E-state index contributed by atoms with van der Waals surface area (Å²) in [5.41, 5.74) is 5.91. The topological polar surface area (TPSA) is 3.24 Å². The number of hydrogen-bond donors (Lipinski definition) is 0. The Bertz CT molecular complexity index is 893. The van der Waals surface area contributed by atoms with E-state index < -0.39 is 0 Å². The molecule has 4 aromatic carbocycles. The Hall–Kier alpha value is -3.32. The summed E-state index contributed by atoms with van der Waals surface area (Å²) in [7, 11) is 0. The molecule has 45 heavy (non-hydrogen) atoms. The van der Waals surface area contributed by atoms with Crippen molar-refractivity contribution in [2.45, 2.75) is 138 Å². The maximum Gasteiger partial charge on any atom is 0.0540 e. The van der Waals surface area contributed by atoms with Gasteiger partial charge in [-0.1, -0.05) is 223 Å². The molecule has 0 N–H and O–H groups in total. The van der Waals surface area contributed by atoms with Crippen molar-refractivity contribution >= 4 is 17.1 Å². The zero-order chi connectivity index (χ0) is 36.9. The Morgan fingerprint density at radius 2 is 0.511 bits per heavy atom. The Kier molecular flexibility index (Phi) is 72.0. The maximum atomic E-state index is 2.31. The predicted octanol–water partition coefficient (Wildman–Crippen LogP) is 17.1. The molecule has 260 valence electrons. The first-order valence-corrected chi connectivity index (χ1v) is 18.5. The second-order valence-electron chi connectivity index (χ2n) is 5.89. The van der Waals surface area contributed by atoms with Crippen LogP contribution in [-0.2, 0) is 0 Å². The Labute approximate surface area is 286 Å². The van der Waals surface area contributed by atoms with E-state index in [1.165, 1.54) is 16.8 Å². The number of para-hydroxylation sites is 3. The molecule has 0 fully saturated rings. The van der Waals surface area contributed by atoms with E-state index in [0.29, 0.717) is 0 Å². The molecule has 0 atom stereocenters. The van der Waals surface area contributed by atoms with Crippen molar-refractivity contribution < 1.29 is 0 Å². The fourth-order valence-electron chi connectivity index (χ4n) is 3.11. The summed E-state index contributed by atoms with van der Waals surface area (Å²) in [5.74, 6) is 0. The van der Waals surface area contributed by atoms with E-state index in [-0.39, 0.29) is 0 Å². The Morgan fingerprint density at radius 3 is 0.822 bits per heavy atom.